The Morgan fingerprint density at radius 3 is 2.71 bits per heavy atom. The van der Waals surface area contributed by atoms with Crippen molar-refractivity contribution in [2.24, 2.45) is 0 Å². The molecule has 3 aromatic rings. The van der Waals surface area contributed by atoms with Gasteiger partial charge in [0.1, 0.15) is 0 Å². The number of hydrogen-bond acceptors (Lipinski definition) is 4. The zero-order chi connectivity index (χ0) is 21.8. The number of rotatable bonds is 5. The van der Waals surface area contributed by atoms with E-state index in [1.165, 1.54) is 6.08 Å². The summed E-state index contributed by atoms with van der Waals surface area (Å²) in [6, 6.07) is 14.5. The summed E-state index contributed by atoms with van der Waals surface area (Å²) in [6.07, 6.45) is 4.02. The van der Waals surface area contributed by atoms with E-state index in [1.807, 2.05) is 41.0 Å². The summed E-state index contributed by atoms with van der Waals surface area (Å²) in [7, 11) is 0. The number of anilines is 1. The monoisotopic (exact) mass is 418 g/mol. The second-order valence-corrected chi connectivity index (χ2v) is 7.71. The Bertz CT molecular complexity index is 1110. The number of benzene rings is 2. The summed E-state index contributed by atoms with van der Waals surface area (Å²) >= 11 is 0. The van der Waals surface area contributed by atoms with Gasteiger partial charge in [-0.05, 0) is 43.5 Å². The van der Waals surface area contributed by atoms with Crippen molar-refractivity contribution in [3.8, 4) is 0 Å². The number of imidazole rings is 1. The van der Waals surface area contributed by atoms with Crippen LogP contribution >= 0.6 is 0 Å². The second kappa shape index (κ2) is 9.14. The van der Waals surface area contributed by atoms with Crippen LogP contribution in [-0.2, 0) is 11.4 Å². The summed E-state index contributed by atoms with van der Waals surface area (Å²) in [5.74, 6) is 0.0616. The first-order chi connectivity index (χ1) is 15.1. The van der Waals surface area contributed by atoms with Crippen LogP contribution in [0.3, 0.4) is 0 Å². The van der Waals surface area contributed by atoms with Gasteiger partial charge in [-0.2, -0.15) is 0 Å². The van der Waals surface area contributed by atoms with Crippen molar-refractivity contribution in [2.45, 2.75) is 31.9 Å². The molecule has 160 valence electrons. The van der Waals surface area contributed by atoms with Crippen molar-refractivity contribution in [3.05, 3.63) is 72.3 Å². The van der Waals surface area contributed by atoms with Crippen molar-refractivity contribution in [1.29, 1.82) is 0 Å². The molecule has 7 heteroatoms. The molecule has 1 saturated heterocycles. The standard InChI is InChI=1S/C24H26N4O3/c1-2-21(30)27-14-7-6-12-19(15-27)28-22-18(16-29)11-8-13-20(22)25-24(28)26-23(31)17-9-4-3-5-10-17/h2-5,8-11,13,19,29H,1,6-7,12,14-16H2,(H,25,26,31)/t19-/m1/s1. The van der Waals surface area contributed by atoms with E-state index in [2.05, 4.69) is 16.9 Å². The molecule has 4 rings (SSSR count). The maximum atomic E-state index is 12.9. The molecule has 0 spiro atoms. The number of nitrogens with zero attached hydrogens (tertiary/aromatic N) is 3. The average Bonchev–Trinajstić information content (AvgIpc) is 3.00. The van der Waals surface area contributed by atoms with E-state index in [0.717, 1.165) is 30.3 Å². The molecule has 0 radical (unpaired) electrons. The quantitative estimate of drug-likeness (QED) is 0.621. The fourth-order valence-corrected chi connectivity index (χ4v) is 4.21. The van der Waals surface area contributed by atoms with E-state index < -0.39 is 0 Å². The van der Waals surface area contributed by atoms with E-state index in [9.17, 15) is 14.7 Å². The van der Waals surface area contributed by atoms with Gasteiger partial charge in [0.15, 0.2) is 0 Å². The van der Waals surface area contributed by atoms with Crippen LogP contribution in [0.1, 0.15) is 41.2 Å². The lowest BCUT2D eigenvalue weighted by atomic mass is 10.1. The lowest BCUT2D eigenvalue weighted by Gasteiger charge is -2.26. The molecule has 1 fully saturated rings. The van der Waals surface area contributed by atoms with Gasteiger partial charge in [0.2, 0.25) is 11.9 Å². The van der Waals surface area contributed by atoms with Crippen LogP contribution in [0.25, 0.3) is 11.0 Å². The third-order valence-electron chi connectivity index (χ3n) is 5.72. The van der Waals surface area contributed by atoms with E-state index in [4.69, 9.17) is 0 Å². The third-order valence-corrected chi connectivity index (χ3v) is 5.72. The van der Waals surface area contributed by atoms with Crippen LogP contribution < -0.4 is 5.32 Å². The Labute approximate surface area is 181 Å². The van der Waals surface area contributed by atoms with Crippen molar-refractivity contribution < 1.29 is 14.7 Å². The topological polar surface area (TPSA) is 87.5 Å². The lowest BCUT2D eigenvalue weighted by molar-refractivity contribution is -0.126. The lowest BCUT2D eigenvalue weighted by Crippen LogP contribution is -2.34. The molecule has 2 N–H and O–H groups in total. The summed E-state index contributed by atoms with van der Waals surface area (Å²) < 4.78 is 1.98. The van der Waals surface area contributed by atoms with Gasteiger partial charge in [-0.25, -0.2) is 4.98 Å². The summed E-state index contributed by atoms with van der Waals surface area (Å²) in [6.45, 7) is 4.64. The Morgan fingerprint density at radius 1 is 1.16 bits per heavy atom. The number of likely N-dealkylation sites (tertiary alicyclic amines) is 1. The highest BCUT2D eigenvalue weighted by atomic mass is 16.3. The van der Waals surface area contributed by atoms with Crippen LogP contribution in [0.15, 0.2) is 61.2 Å². The first kappa shape index (κ1) is 20.8. The number of carbonyl (C=O) groups excluding carboxylic acids is 2. The van der Waals surface area contributed by atoms with Crippen molar-refractivity contribution in [1.82, 2.24) is 14.5 Å². The molecule has 1 aliphatic heterocycles. The molecule has 1 atom stereocenters. The molecule has 0 aliphatic carbocycles. The maximum Gasteiger partial charge on any atom is 0.257 e. The first-order valence-corrected chi connectivity index (χ1v) is 10.5. The molecule has 0 bridgehead atoms. The van der Waals surface area contributed by atoms with Gasteiger partial charge in [-0.3, -0.25) is 14.9 Å². The van der Waals surface area contributed by atoms with Crippen molar-refractivity contribution >= 4 is 28.8 Å². The van der Waals surface area contributed by atoms with E-state index in [1.54, 1.807) is 17.0 Å². The first-order valence-electron chi connectivity index (χ1n) is 10.5. The minimum atomic E-state index is -0.254. The Kier molecular flexibility index (Phi) is 6.13. The number of nitrogens with one attached hydrogen (secondary N) is 1. The number of amides is 2. The van der Waals surface area contributed by atoms with Gasteiger partial charge in [-0.15, -0.1) is 0 Å². The van der Waals surface area contributed by atoms with Crippen LogP contribution in [0, 0.1) is 0 Å². The highest BCUT2D eigenvalue weighted by Crippen LogP contribution is 2.32. The van der Waals surface area contributed by atoms with Gasteiger partial charge in [-0.1, -0.05) is 36.9 Å². The molecule has 1 aromatic heterocycles. The zero-order valence-corrected chi connectivity index (χ0v) is 17.3. The molecule has 2 amide bonds. The highest BCUT2D eigenvalue weighted by molar-refractivity contribution is 6.04. The molecule has 2 heterocycles. The largest absolute Gasteiger partial charge is 0.392 e. The fraction of sp³-hybridized carbons (Fsp3) is 0.292. The van der Waals surface area contributed by atoms with Crippen LogP contribution in [0.5, 0.6) is 0 Å². The molecule has 2 aromatic carbocycles. The molecule has 0 unspecified atom stereocenters. The number of aliphatic hydroxyl groups excluding tert-OH is 1. The average molecular weight is 418 g/mol. The van der Waals surface area contributed by atoms with Crippen LogP contribution in [0.2, 0.25) is 0 Å². The van der Waals surface area contributed by atoms with E-state index in [-0.39, 0.29) is 24.5 Å². The number of fused-ring (bicyclic) bond motifs is 1. The van der Waals surface area contributed by atoms with E-state index >= 15 is 0 Å². The van der Waals surface area contributed by atoms with Gasteiger partial charge >= 0.3 is 0 Å². The highest BCUT2D eigenvalue weighted by Gasteiger charge is 2.27. The normalized spacial score (nSPS) is 16.7. The molecule has 7 nitrogen and oxygen atoms in total. The molecule has 31 heavy (non-hydrogen) atoms. The van der Waals surface area contributed by atoms with Gasteiger partial charge < -0.3 is 14.6 Å². The van der Waals surface area contributed by atoms with Gasteiger partial charge in [0.05, 0.1) is 23.7 Å². The molecular weight excluding hydrogens is 392 g/mol. The van der Waals surface area contributed by atoms with E-state index in [0.29, 0.717) is 30.1 Å². The maximum absolute atomic E-state index is 12.9. The molecular formula is C24H26N4O3. The predicted molar refractivity (Wildman–Crippen MR) is 120 cm³/mol. The smallest absolute Gasteiger partial charge is 0.257 e. The number of hydrogen-bond donors (Lipinski definition) is 2. The van der Waals surface area contributed by atoms with Gasteiger partial charge in [0, 0.05) is 24.2 Å². The number of aliphatic hydroxyl groups is 1. The zero-order valence-electron chi connectivity index (χ0n) is 17.3. The minimum Gasteiger partial charge on any atom is -0.392 e. The Morgan fingerprint density at radius 2 is 1.97 bits per heavy atom. The number of carbonyl (C=O) groups is 2. The van der Waals surface area contributed by atoms with Crippen molar-refractivity contribution in [3.63, 3.8) is 0 Å². The van der Waals surface area contributed by atoms with Crippen molar-refractivity contribution in [2.75, 3.05) is 18.4 Å². The molecule has 1 aliphatic rings. The summed E-state index contributed by atoms with van der Waals surface area (Å²) in [5.41, 5.74) is 2.75. The summed E-state index contributed by atoms with van der Waals surface area (Å²) in [5, 5.41) is 12.9. The van der Waals surface area contributed by atoms with Crippen LogP contribution in [-0.4, -0.2) is 44.5 Å². The number of para-hydroxylation sites is 1. The van der Waals surface area contributed by atoms with Crippen LogP contribution in [0.4, 0.5) is 5.95 Å². The predicted octanol–water partition coefficient (Wildman–Crippen LogP) is 3.52. The SMILES string of the molecule is C=CC(=O)N1CCCC[C@@H](n2c(NC(=O)c3ccccc3)nc3cccc(CO)c32)C1. The fourth-order valence-electron chi connectivity index (χ4n) is 4.21. The summed E-state index contributed by atoms with van der Waals surface area (Å²) in [4.78, 5) is 31.7. The minimum absolute atomic E-state index is 0.0878. The molecule has 0 saturated carbocycles. The number of aromatic nitrogens is 2. The third kappa shape index (κ3) is 4.22. The second-order valence-electron chi connectivity index (χ2n) is 7.71. The van der Waals surface area contributed by atoms with Gasteiger partial charge in [0.25, 0.3) is 5.91 Å². The Balaban J connectivity index is 1.79. The Hall–Kier alpha value is -3.45.